The van der Waals surface area contributed by atoms with Crippen LogP contribution < -0.4 is 0 Å². The number of fused-ring (bicyclic) bond motifs is 1. The minimum atomic E-state index is -0.508. The molecule has 19 heavy (non-hydrogen) atoms. The van der Waals surface area contributed by atoms with Gasteiger partial charge in [0.1, 0.15) is 5.01 Å². The summed E-state index contributed by atoms with van der Waals surface area (Å²) in [5.41, 5.74) is 4.50. The number of thiazole rings is 1. The predicted molar refractivity (Wildman–Crippen MR) is 78.2 cm³/mol. The lowest BCUT2D eigenvalue weighted by atomic mass is 9.92. The van der Waals surface area contributed by atoms with E-state index in [4.69, 9.17) is 5.26 Å². The summed E-state index contributed by atoms with van der Waals surface area (Å²) >= 11 is 1.63. The van der Waals surface area contributed by atoms with Crippen LogP contribution in [0.15, 0.2) is 23.6 Å². The quantitative estimate of drug-likeness (QED) is 0.822. The van der Waals surface area contributed by atoms with Gasteiger partial charge >= 0.3 is 0 Å². The van der Waals surface area contributed by atoms with Crippen molar-refractivity contribution in [2.75, 3.05) is 0 Å². The summed E-state index contributed by atoms with van der Waals surface area (Å²) in [6, 6.07) is 8.97. The van der Waals surface area contributed by atoms with Crippen LogP contribution in [0.25, 0.3) is 10.6 Å². The highest BCUT2D eigenvalue weighted by Crippen LogP contribution is 2.32. The molecule has 2 aromatic rings. The maximum atomic E-state index is 9.17. The van der Waals surface area contributed by atoms with E-state index in [9.17, 15) is 0 Å². The average molecular weight is 268 g/mol. The smallest absolute Gasteiger partial charge is 0.123 e. The van der Waals surface area contributed by atoms with Crippen LogP contribution in [0.1, 0.15) is 37.1 Å². The minimum absolute atomic E-state index is 0.508. The summed E-state index contributed by atoms with van der Waals surface area (Å²) in [5.74, 6) is 0. The SMILES string of the molecule is CC(C)(C#N)c1csc(-c2ccc3c(c2)CCC3)n1. The molecule has 0 N–H and O–H groups in total. The minimum Gasteiger partial charge on any atom is -0.239 e. The van der Waals surface area contributed by atoms with E-state index in [1.165, 1.54) is 36.0 Å². The zero-order chi connectivity index (χ0) is 13.5. The lowest BCUT2D eigenvalue weighted by molar-refractivity contribution is 0.666. The van der Waals surface area contributed by atoms with Crippen molar-refractivity contribution in [3.05, 3.63) is 40.4 Å². The van der Waals surface area contributed by atoms with E-state index in [-0.39, 0.29) is 0 Å². The molecule has 0 unspecified atom stereocenters. The van der Waals surface area contributed by atoms with Crippen LogP contribution in [0.2, 0.25) is 0 Å². The van der Waals surface area contributed by atoms with Gasteiger partial charge in [-0.05, 0) is 50.3 Å². The lowest BCUT2D eigenvalue weighted by Gasteiger charge is -2.10. The second-order valence-corrected chi connectivity index (χ2v) is 6.47. The molecule has 2 nitrogen and oxygen atoms in total. The van der Waals surface area contributed by atoms with E-state index >= 15 is 0 Å². The Morgan fingerprint density at radius 1 is 1.26 bits per heavy atom. The highest BCUT2D eigenvalue weighted by atomic mass is 32.1. The molecule has 0 saturated heterocycles. The van der Waals surface area contributed by atoms with E-state index in [1.807, 2.05) is 19.2 Å². The number of hydrogen-bond acceptors (Lipinski definition) is 3. The summed E-state index contributed by atoms with van der Waals surface area (Å²) in [6.45, 7) is 3.82. The first-order valence-corrected chi connectivity index (χ1v) is 7.47. The fourth-order valence-electron chi connectivity index (χ4n) is 2.46. The second-order valence-electron chi connectivity index (χ2n) is 5.61. The highest BCUT2D eigenvalue weighted by Gasteiger charge is 2.23. The van der Waals surface area contributed by atoms with E-state index in [2.05, 4.69) is 29.3 Å². The van der Waals surface area contributed by atoms with Gasteiger partial charge in [0.15, 0.2) is 0 Å². The molecule has 0 spiro atoms. The number of benzene rings is 1. The molecule has 3 rings (SSSR count). The predicted octanol–water partition coefficient (Wildman–Crippen LogP) is 4.10. The monoisotopic (exact) mass is 268 g/mol. The van der Waals surface area contributed by atoms with Gasteiger partial charge in [-0.1, -0.05) is 12.1 Å². The molecule has 1 heterocycles. The van der Waals surface area contributed by atoms with Gasteiger partial charge < -0.3 is 0 Å². The van der Waals surface area contributed by atoms with E-state index in [1.54, 1.807) is 11.3 Å². The Bertz CT molecular complexity index is 662. The molecule has 1 aliphatic carbocycles. The number of aryl methyl sites for hydroxylation is 2. The fourth-order valence-corrected chi connectivity index (χ4v) is 3.44. The first-order valence-electron chi connectivity index (χ1n) is 6.59. The van der Waals surface area contributed by atoms with Crippen LogP contribution in [-0.2, 0) is 18.3 Å². The first-order chi connectivity index (χ1) is 9.10. The molecule has 0 amide bonds. The van der Waals surface area contributed by atoms with Gasteiger partial charge in [0.05, 0.1) is 17.2 Å². The zero-order valence-electron chi connectivity index (χ0n) is 11.2. The number of nitrogens with zero attached hydrogens (tertiary/aromatic N) is 2. The largest absolute Gasteiger partial charge is 0.239 e. The van der Waals surface area contributed by atoms with Crippen molar-refractivity contribution < 1.29 is 0 Å². The molecular weight excluding hydrogens is 252 g/mol. The lowest BCUT2D eigenvalue weighted by Crippen LogP contribution is -2.14. The second kappa shape index (κ2) is 4.47. The third-order valence-electron chi connectivity index (χ3n) is 3.77. The van der Waals surface area contributed by atoms with Crippen molar-refractivity contribution in [3.63, 3.8) is 0 Å². The van der Waals surface area contributed by atoms with Crippen molar-refractivity contribution in [3.8, 4) is 16.6 Å². The van der Waals surface area contributed by atoms with Crippen molar-refractivity contribution in [1.82, 2.24) is 4.98 Å². The van der Waals surface area contributed by atoms with Gasteiger partial charge in [-0.15, -0.1) is 11.3 Å². The number of hydrogen-bond donors (Lipinski definition) is 0. The Morgan fingerprint density at radius 2 is 2.05 bits per heavy atom. The Labute approximate surface area is 117 Å². The Kier molecular flexibility index (Phi) is 2.91. The van der Waals surface area contributed by atoms with Crippen LogP contribution in [0.4, 0.5) is 0 Å². The number of nitriles is 1. The van der Waals surface area contributed by atoms with Gasteiger partial charge in [0.25, 0.3) is 0 Å². The molecule has 0 fully saturated rings. The Balaban J connectivity index is 1.98. The molecular formula is C16H16N2S. The molecule has 0 aliphatic heterocycles. The normalized spacial score (nSPS) is 14.2. The molecule has 1 aromatic heterocycles. The van der Waals surface area contributed by atoms with Crippen molar-refractivity contribution >= 4 is 11.3 Å². The van der Waals surface area contributed by atoms with E-state index in [0.29, 0.717) is 0 Å². The van der Waals surface area contributed by atoms with Crippen molar-refractivity contribution in [1.29, 1.82) is 5.26 Å². The maximum absolute atomic E-state index is 9.17. The topological polar surface area (TPSA) is 36.7 Å². The van der Waals surface area contributed by atoms with Gasteiger partial charge in [0.2, 0.25) is 0 Å². The van der Waals surface area contributed by atoms with Crippen molar-refractivity contribution in [2.45, 2.75) is 38.5 Å². The number of aromatic nitrogens is 1. The van der Waals surface area contributed by atoms with Crippen molar-refractivity contribution in [2.24, 2.45) is 0 Å². The summed E-state index contributed by atoms with van der Waals surface area (Å²) in [4.78, 5) is 4.64. The molecule has 0 saturated carbocycles. The van der Waals surface area contributed by atoms with Gasteiger partial charge in [-0.2, -0.15) is 5.26 Å². The standard InChI is InChI=1S/C16H16N2S/c1-16(2,10-17)14-9-19-15(18-14)13-7-6-11-4-3-5-12(11)8-13/h6-9H,3-5H2,1-2H3. The van der Waals surface area contributed by atoms with Crippen LogP contribution in [-0.4, -0.2) is 4.98 Å². The summed E-state index contributed by atoms with van der Waals surface area (Å²) in [6.07, 6.45) is 3.66. The summed E-state index contributed by atoms with van der Waals surface area (Å²) in [7, 11) is 0. The van der Waals surface area contributed by atoms with Gasteiger partial charge in [-0.25, -0.2) is 4.98 Å². The van der Waals surface area contributed by atoms with Crippen LogP contribution in [0, 0.1) is 11.3 Å². The number of rotatable bonds is 2. The first kappa shape index (κ1) is 12.4. The Morgan fingerprint density at radius 3 is 2.84 bits per heavy atom. The summed E-state index contributed by atoms with van der Waals surface area (Å²) < 4.78 is 0. The van der Waals surface area contributed by atoms with E-state index in [0.717, 1.165) is 10.7 Å². The molecule has 1 aliphatic rings. The van der Waals surface area contributed by atoms with Crippen LogP contribution in [0.3, 0.4) is 0 Å². The molecule has 96 valence electrons. The molecule has 1 aromatic carbocycles. The van der Waals surface area contributed by atoms with Crippen LogP contribution in [0.5, 0.6) is 0 Å². The molecule has 3 heteroatoms. The third kappa shape index (κ3) is 2.17. The molecule has 0 bridgehead atoms. The molecule has 0 radical (unpaired) electrons. The third-order valence-corrected chi connectivity index (χ3v) is 4.66. The van der Waals surface area contributed by atoms with Gasteiger partial charge in [-0.3, -0.25) is 0 Å². The fraction of sp³-hybridized carbons (Fsp3) is 0.375. The zero-order valence-corrected chi connectivity index (χ0v) is 12.0. The Hall–Kier alpha value is -1.66. The summed E-state index contributed by atoms with van der Waals surface area (Å²) in [5, 5.41) is 12.2. The molecule has 0 atom stereocenters. The maximum Gasteiger partial charge on any atom is 0.123 e. The highest BCUT2D eigenvalue weighted by molar-refractivity contribution is 7.13. The van der Waals surface area contributed by atoms with E-state index < -0.39 is 5.41 Å². The van der Waals surface area contributed by atoms with Gasteiger partial charge in [0, 0.05) is 10.9 Å². The van der Waals surface area contributed by atoms with Crippen LogP contribution >= 0.6 is 11.3 Å². The average Bonchev–Trinajstić information content (AvgIpc) is 3.06.